The first kappa shape index (κ1) is 19.8. The minimum Gasteiger partial charge on any atom is -0.356 e. The van der Waals surface area contributed by atoms with E-state index in [1.165, 1.54) is 17.1 Å². The highest BCUT2D eigenvalue weighted by Crippen LogP contribution is 2.25. The summed E-state index contributed by atoms with van der Waals surface area (Å²) >= 11 is 1.50. The summed E-state index contributed by atoms with van der Waals surface area (Å²) in [6.45, 7) is 9.05. The van der Waals surface area contributed by atoms with Crippen molar-refractivity contribution in [2.75, 3.05) is 24.5 Å². The first-order valence-electron chi connectivity index (χ1n) is 9.77. The molecule has 1 fully saturated rings. The van der Waals surface area contributed by atoms with Gasteiger partial charge in [-0.15, -0.1) is 0 Å². The lowest BCUT2D eigenvalue weighted by Gasteiger charge is -2.31. The van der Waals surface area contributed by atoms with E-state index in [1.807, 2.05) is 18.2 Å². The molecular weight excluding hydrogens is 356 g/mol. The lowest BCUT2D eigenvalue weighted by molar-refractivity contribution is -0.123. The molecule has 5 nitrogen and oxygen atoms in total. The van der Waals surface area contributed by atoms with Crippen LogP contribution in [0.2, 0.25) is 0 Å². The molecule has 1 amide bonds. The van der Waals surface area contributed by atoms with Gasteiger partial charge in [-0.25, -0.2) is 4.98 Å². The van der Waals surface area contributed by atoms with Crippen LogP contribution in [0.4, 0.5) is 5.13 Å². The number of amides is 1. The molecule has 0 atom stereocenters. The molecule has 2 heterocycles. The van der Waals surface area contributed by atoms with Crippen LogP contribution >= 0.6 is 11.5 Å². The van der Waals surface area contributed by atoms with Gasteiger partial charge in [-0.3, -0.25) is 4.79 Å². The van der Waals surface area contributed by atoms with Crippen LogP contribution in [0.25, 0.3) is 0 Å². The fraction of sp³-hybridized carbons (Fsp3) is 0.571. The lowest BCUT2D eigenvalue weighted by Crippen LogP contribution is -2.39. The summed E-state index contributed by atoms with van der Waals surface area (Å²) in [7, 11) is 0. The summed E-state index contributed by atoms with van der Waals surface area (Å²) in [6, 6.07) is 10.3. The second-order valence-electron chi connectivity index (χ2n) is 8.63. The molecule has 1 N–H and O–H groups in total. The maximum Gasteiger partial charge on any atom is 0.220 e. The largest absolute Gasteiger partial charge is 0.356 e. The van der Waals surface area contributed by atoms with Gasteiger partial charge in [0, 0.05) is 44.0 Å². The number of nitrogens with one attached hydrogen (secondary N) is 1. The highest BCUT2D eigenvalue weighted by Gasteiger charge is 2.23. The number of carbonyl (C=O) groups excluding carboxylic acids is 1. The minimum absolute atomic E-state index is 0.0444. The first-order valence-corrected chi connectivity index (χ1v) is 10.5. The number of hydrogen-bond acceptors (Lipinski definition) is 5. The van der Waals surface area contributed by atoms with E-state index in [4.69, 9.17) is 4.98 Å². The van der Waals surface area contributed by atoms with Gasteiger partial charge in [0.2, 0.25) is 11.0 Å². The molecule has 0 radical (unpaired) electrons. The number of benzene rings is 1. The number of rotatable bonds is 6. The molecule has 0 aliphatic carbocycles. The Hall–Kier alpha value is -1.95. The molecular formula is C21H30N4OS. The molecule has 0 spiro atoms. The van der Waals surface area contributed by atoms with Crippen LogP contribution in [-0.2, 0) is 11.2 Å². The van der Waals surface area contributed by atoms with Gasteiger partial charge in [-0.1, -0.05) is 51.1 Å². The maximum atomic E-state index is 12.0. The Labute approximate surface area is 166 Å². The van der Waals surface area contributed by atoms with Crippen LogP contribution in [0.15, 0.2) is 30.3 Å². The predicted molar refractivity (Wildman–Crippen MR) is 111 cm³/mol. The van der Waals surface area contributed by atoms with Crippen molar-refractivity contribution >= 4 is 22.6 Å². The van der Waals surface area contributed by atoms with Gasteiger partial charge in [0.1, 0.15) is 5.82 Å². The summed E-state index contributed by atoms with van der Waals surface area (Å²) in [4.78, 5) is 19.1. The van der Waals surface area contributed by atoms with Crippen molar-refractivity contribution in [3.63, 3.8) is 0 Å². The van der Waals surface area contributed by atoms with E-state index in [0.717, 1.165) is 49.9 Å². The fourth-order valence-corrected chi connectivity index (χ4v) is 4.09. The number of carbonyl (C=O) groups is 1. The van der Waals surface area contributed by atoms with Gasteiger partial charge in [-0.2, -0.15) is 4.37 Å². The molecule has 1 saturated heterocycles. The molecule has 1 aromatic carbocycles. The van der Waals surface area contributed by atoms with Crippen LogP contribution in [0.1, 0.15) is 51.4 Å². The Bertz CT molecular complexity index is 730. The van der Waals surface area contributed by atoms with Crippen molar-refractivity contribution in [2.45, 2.75) is 46.5 Å². The molecule has 6 heteroatoms. The van der Waals surface area contributed by atoms with Crippen molar-refractivity contribution in [2.24, 2.45) is 11.3 Å². The SMILES string of the molecule is CC(C)(C)CC(=O)NCC1CCN(c2nc(Cc3ccccc3)ns2)CC1. The topological polar surface area (TPSA) is 58.1 Å². The summed E-state index contributed by atoms with van der Waals surface area (Å²) in [6.07, 6.45) is 3.54. The molecule has 1 aliphatic rings. The molecule has 0 saturated carbocycles. The smallest absolute Gasteiger partial charge is 0.220 e. The molecule has 1 aromatic heterocycles. The number of anilines is 1. The van der Waals surface area contributed by atoms with Crippen molar-refractivity contribution in [1.29, 1.82) is 0 Å². The maximum absolute atomic E-state index is 12.0. The van der Waals surface area contributed by atoms with Gasteiger partial charge in [0.05, 0.1) is 0 Å². The quantitative estimate of drug-likeness (QED) is 0.818. The number of nitrogens with zero attached hydrogens (tertiary/aromatic N) is 3. The number of piperidine rings is 1. The van der Waals surface area contributed by atoms with Gasteiger partial charge in [0.25, 0.3) is 0 Å². The van der Waals surface area contributed by atoms with Crippen LogP contribution in [0.3, 0.4) is 0 Å². The minimum atomic E-state index is 0.0444. The first-order chi connectivity index (χ1) is 12.9. The molecule has 0 bridgehead atoms. The third-order valence-electron chi connectivity index (χ3n) is 4.83. The number of hydrogen-bond donors (Lipinski definition) is 1. The second kappa shape index (κ2) is 8.83. The Morgan fingerprint density at radius 2 is 1.93 bits per heavy atom. The monoisotopic (exact) mass is 386 g/mol. The lowest BCUT2D eigenvalue weighted by atomic mass is 9.91. The van der Waals surface area contributed by atoms with Crippen molar-refractivity contribution < 1.29 is 4.79 Å². The van der Waals surface area contributed by atoms with Crippen LogP contribution in [0, 0.1) is 11.3 Å². The zero-order chi connectivity index (χ0) is 19.3. The Kier molecular flexibility index (Phi) is 6.47. The summed E-state index contributed by atoms with van der Waals surface area (Å²) in [5.41, 5.74) is 1.29. The number of aromatic nitrogens is 2. The van der Waals surface area contributed by atoms with E-state index < -0.39 is 0 Å². The summed E-state index contributed by atoms with van der Waals surface area (Å²) < 4.78 is 4.53. The van der Waals surface area contributed by atoms with Crippen LogP contribution in [0.5, 0.6) is 0 Å². The van der Waals surface area contributed by atoms with Gasteiger partial charge < -0.3 is 10.2 Å². The highest BCUT2D eigenvalue weighted by molar-refractivity contribution is 7.09. The van der Waals surface area contributed by atoms with E-state index in [1.54, 1.807) is 0 Å². The van der Waals surface area contributed by atoms with E-state index >= 15 is 0 Å². The Morgan fingerprint density at radius 3 is 2.59 bits per heavy atom. The van der Waals surface area contributed by atoms with Crippen LogP contribution in [-0.4, -0.2) is 34.9 Å². The zero-order valence-electron chi connectivity index (χ0n) is 16.6. The zero-order valence-corrected chi connectivity index (χ0v) is 17.4. The molecule has 3 rings (SSSR count). The molecule has 0 unspecified atom stereocenters. The van der Waals surface area contributed by atoms with E-state index in [0.29, 0.717) is 12.3 Å². The van der Waals surface area contributed by atoms with Gasteiger partial charge in [0.15, 0.2) is 0 Å². The summed E-state index contributed by atoms with van der Waals surface area (Å²) in [5.74, 6) is 1.62. The van der Waals surface area contributed by atoms with Crippen molar-refractivity contribution in [1.82, 2.24) is 14.7 Å². The normalized spacial score (nSPS) is 15.7. The van der Waals surface area contributed by atoms with E-state index in [9.17, 15) is 4.79 Å². The third kappa shape index (κ3) is 6.31. The van der Waals surface area contributed by atoms with E-state index in [-0.39, 0.29) is 11.3 Å². The van der Waals surface area contributed by atoms with E-state index in [2.05, 4.69) is 47.5 Å². The summed E-state index contributed by atoms with van der Waals surface area (Å²) in [5, 5.41) is 4.14. The van der Waals surface area contributed by atoms with Crippen molar-refractivity contribution in [3.8, 4) is 0 Å². The molecule has 27 heavy (non-hydrogen) atoms. The fourth-order valence-electron chi connectivity index (χ4n) is 3.35. The Morgan fingerprint density at radius 1 is 1.22 bits per heavy atom. The highest BCUT2D eigenvalue weighted by atomic mass is 32.1. The molecule has 1 aliphatic heterocycles. The van der Waals surface area contributed by atoms with Gasteiger partial charge in [-0.05, 0) is 29.7 Å². The second-order valence-corrected chi connectivity index (χ2v) is 9.36. The molecule has 2 aromatic rings. The predicted octanol–water partition coefficient (Wildman–Crippen LogP) is 3.90. The third-order valence-corrected chi connectivity index (χ3v) is 5.64. The van der Waals surface area contributed by atoms with Crippen molar-refractivity contribution in [3.05, 3.63) is 41.7 Å². The average molecular weight is 387 g/mol. The average Bonchev–Trinajstić information content (AvgIpc) is 3.08. The Balaban J connectivity index is 1.43. The molecule has 146 valence electrons. The van der Waals surface area contributed by atoms with Gasteiger partial charge >= 0.3 is 0 Å². The van der Waals surface area contributed by atoms with Crippen LogP contribution < -0.4 is 10.2 Å². The standard InChI is InChI=1S/C21H30N4OS/c1-21(2,3)14-19(26)22-15-17-9-11-25(12-10-17)20-23-18(24-27-20)13-16-7-5-4-6-8-16/h4-8,17H,9-15H2,1-3H3,(H,22,26).